The molecule has 2 rings (SSSR count). The monoisotopic (exact) mass is 345 g/mol. The molecular formula is C18H23N3O4. The molecule has 0 aliphatic rings. The van der Waals surface area contributed by atoms with Crippen LogP contribution in [-0.4, -0.2) is 31.6 Å². The van der Waals surface area contributed by atoms with Crippen LogP contribution in [0.5, 0.6) is 5.75 Å². The van der Waals surface area contributed by atoms with Crippen molar-refractivity contribution in [2.24, 2.45) is 0 Å². The van der Waals surface area contributed by atoms with Crippen LogP contribution in [0.4, 0.5) is 5.82 Å². The van der Waals surface area contributed by atoms with Gasteiger partial charge >= 0.3 is 5.97 Å². The molecule has 0 aliphatic heterocycles. The lowest BCUT2D eigenvalue weighted by molar-refractivity contribution is -0.141. The number of carbonyl (C=O) groups excluding carboxylic acids is 1. The fraction of sp³-hybridized carbons (Fsp3) is 0.389. The van der Waals surface area contributed by atoms with Gasteiger partial charge in [-0.25, -0.2) is 9.78 Å². The van der Waals surface area contributed by atoms with Gasteiger partial charge in [0.15, 0.2) is 5.82 Å². The Morgan fingerprint density at radius 2 is 2.08 bits per heavy atom. The van der Waals surface area contributed by atoms with Crippen molar-refractivity contribution in [1.82, 2.24) is 9.55 Å². The second kappa shape index (κ2) is 8.86. The number of carboxylic acids is 1. The molecule has 0 aliphatic carbocycles. The van der Waals surface area contributed by atoms with Crippen LogP contribution >= 0.6 is 0 Å². The molecule has 134 valence electrons. The zero-order valence-electron chi connectivity index (χ0n) is 14.2. The summed E-state index contributed by atoms with van der Waals surface area (Å²) in [4.78, 5) is 27.7. The fourth-order valence-corrected chi connectivity index (χ4v) is 2.57. The maximum absolute atomic E-state index is 12.1. The van der Waals surface area contributed by atoms with Crippen molar-refractivity contribution < 1.29 is 19.8 Å². The van der Waals surface area contributed by atoms with E-state index in [1.54, 1.807) is 12.1 Å². The van der Waals surface area contributed by atoms with Gasteiger partial charge in [0.1, 0.15) is 11.8 Å². The molecule has 0 saturated heterocycles. The summed E-state index contributed by atoms with van der Waals surface area (Å²) in [6.07, 6.45) is 7.45. The standard InChI is InChI=1S/C18H23N3O4/c1-2-3-4-5-9-15(18(24)25)21-11-16(19-12-21)20-17(23)13-7-6-8-14(22)10-13/h6-8,10-12,15,22H,2-5,9H2,1H3,(H,20,23)(H,24,25). The summed E-state index contributed by atoms with van der Waals surface area (Å²) in [7, 11) is 0. The zero-order valence-corrected chi connectivity index (χ0v) is 14.2. The minimum atomic E-state index is -0.917. The highest BCUT2D eigenvalue weighted by molar-refractivity contribution is 6.03. The average molecular weight is 345 g/mol. The fourth-order valence-electron chi connectivity index (χ4n) is 2.57. The van der Waals surface area contributed by atoms with Crippen LogP contribution in [-0.2, 0) is 4.79 Å². The summed E-state index contributed by atoms with van der Waals surface area (Å²) in [6.45, 7) is 2.10. The summed E-state index contributed by atoms with van der Waals surface area (Å²) >= 11 is 0. The van der Waals surface area contributed by atoms with Crippen molar-refractivity contribution in [1.29, 1.82) is 0 Å². The number of aliphatic carboxylic acids is 1. The SMILES string of the molecule is CCCCCCC(C(=O)O)n1cnc(NC(=O)c2cccc(O)c2)c1. The molecule has 0 saturated carbocycles. The number of phenols is 1. The van der Waals surface area contributed by atoms with E-state index in [9.17, 15) is 19.8 Å². The van der Waals surface area contributed by atoms with Crippen molar-refractivity contribution in [3.05, 3.63) is 42.4 Å². The number of imidazole rings is 1. The largest absolute Gasteiger partial charge is 0.508 e. The Balaban J connectivity index is 2.01. The number of nitrogens with one attached hydrogen (secondary N) is 1. The molecular weight excluding hydrogens is 322 g/mol. The number of carboxylic acid groups (broad SMARTS) is 1. The molecule has 0 radical (unpaired) electrons. The Labute approximate surface area is 146 Å². The number of aromatic nitrogens is 2. The first-order chi connectivity index (χ1) is 12.0. The average Bonchev–Trinajstić information content (AvgIpc) is 3.02. The van der Waals surface area contributed by atoms with E-state index >= 15 is 0 Å². The lowest BCUT2D eigenvalue weighted by Gasteiger charge is -2.13. The van der Waals surface area contributed by atoms with E-state index < -0.39 is 17.9 Å². The predicted octanol–water partition coefficient (Wildman–Crippen LogP) is 3.44. The van der Waals surface area contributed by atoms with Gasteiger partial charge < -0.3 is 20.1 Å². The van der Waals surface area contributed by atoms with Gasteiger partial charge in [0.05, 0.1) is 6.33 Å². The van der Waals surface area contributed by atoms with Crippen molar-refractivity contribution in [2.45, 2.75) is 45.1 Å². The Morgan fingerprint density at radius 3 is 2.76 bits per heavy atom. The molecule has 7 nitrogen and oxygen atoms in total. The minimum Gasteiger partial charge on any atom is -0.508 e. The number of hydrogen-bond acceptors (Lipinski definition) is 4. The Morgan fingerprint density at radius 1 is 1.28 bits per heavy atom. The van der Waals surface area contributed by atoms with Gasteiger partial charge in [-0.2, -0.15) is 0 Å². The smallest absolute Gasteiger partial charge is 0.326 e. The van der Waals surface area contributed by atoms with Crippen LogP contribution in [0.3, 0.4) is 0 Å². The topological polar surface area (TPSA) is 104 Å². The summed E-state index contributed by atoms with van der Waals surface area (Å²) in [5.41, 5.74) is 0.295. The third-order valence-electron chi connectivity index (χ3n) is 3.93. The highest BCUT2D eigenvalue weighted by atomic mass is 16.4. The quantitative estimate of drug-likeness (QED) is 0.604. The van der Waals surface area contributed by atoms with E-state index in [4.69, 9.17) is 0 Å². The molecule has 0 spiro atoms. The van der Waals surface area contributed by atoms with Crippen LogP contribution in [0.25, 0.3) is 0 Å². The zero-order chi connectivity index (χ0) is 18.2. The number of carbonyl (C=O) groups is 2. The summed E-state index contributed by atoms with van der Waals surface area (Å²) < 4.78 is 1.51. The van der Waals surface area contributed by atoms with Crippen LogP contribution < -0.4 is 5.32 Å². The Kier molecular flexibility index (Phi) is 6.56. The number of hydrogen-bond donors (Lipinski definition) is 3. The van der Waals surface area contributed by atoms with Gasteiger partial charge in [-0.05, 0) is 24.6 Å². The highest BCUT2D eigenvalue weighted by Crippen LogP contribution is 2.19. The van der Waals surface area contributed by atoms with Gasteiger partial charge in [0.25, 0.3) is 5.91 Å². The predicted molar refractivity (Wildman–Crippen MR) is 93.7 cm³/mol. The van der Waals surface area contributed by atoms with Crippen molar-refractivity contribution in [3.8, 4) is 5.75 Å². The van der Waals surface area contributed by atoms with Crippen LogP contribution in [0.15, 0.2) is 36.8 Å². The van der Waals surface area contributed by atoms with E-state index in [0.717, 1.165) is 25.7 Å². The first kappa shape index (κ1) is 18.5. The van der Waals surface area contributed by atoms with Crippen molar-refractivity contribution in [3.63, 3.8) is 0 Å². The number of aromatic hydroxyl groups is 1. The molecule has 7 heteroatoms. The Hall–Kier alpha value is -2.83. The molecule has 3 N–H and O–H groups in total. The molecule has 1 unspecified atom stereocenters. The normalized spacial score (nSPS) is 11.9. The minimum absolute atomic E-state index is 0.00352. The molecule has 1 atom stereocenters. The number of anilines is 1. The number of rotatable bonds is 9. The molecule has 1 heterocycles. The van der Waals surface area contributed by atoms with Crippen LogP contribution in [0, 0.1) is 0 Å². The van der Waals surface area contributed by atoms with Gasteiger partial charge in [0, 0.05) is 11.8 Å². The van der Waals surface area contributed by atoms with Gasteiger partial charge in [-0.15, -0.1) is 0 Å². The number of amides is 1. The second-order valence-electron chi connectivity index (χ2n) is 5.91. The maximum atomic E-state index is 12.1. The number of nitrogens with zero attached hydrogens (tertiary/aromatic N) is 2. The maximum Gasteiger partial charge on any atom is 0.326 e. The highest BCUT2D eigenvalue weighted by Gasteiger charge is 2.20. The third-order valence-corrected chi connectivity index (χ3v) is 3.93. The van der Waals surface area contributed by atoms with Crippen LogP contribution in [0.2, 0.25) is 0 Å². The molecule has 25 heavy (non-hydrogen) atoms. The number of unbranched alkanes of at least 4 members (excludes halogenated alkanes) is 3. The summed E-state index contributed by atoms with van der Waals surface area (Å²) in [5.74, 6) is -1.07. The first-order valence-electron chi connectivity index (χ1n) is 8.38. The molecule has 0 bridgehead atoms. The van der Waals surface area contributed by atoms with Gasteiger partial charge in [-0.1, -0.05) is 38.7 Å². The van der Waals surface area contributed by atoms with E-state index in [1.165, 1.54) is 29.2 Å². The molecule has 0 fully saturated rings. The summed E-state index contributed by atoms with van der Waals surface area (Å²) in [6, 6.07) is 5.26. The van der Waals surface area contributed by atoms with Crippen LogP contribution in [0.1, 0.15) is 55.4 Å². The lowest BCUT2D eigenvalue weighted by Crippen LogP contribution is -2.18. The van der Waals surface area contributed by atoms with Gasteiger partial charge in [0.2, 0.25) is 0 Å². The molecule has 2 aromatic rings. The first-order valence-corrected chi connectivity index (χ1v) is 8.38. The summed E-state index contributed by atoms with van der Waals surface area (Å²) in [5, 5.41) is 21.4. The molecule has 1 aromatic heterocycles. The van der Waals surface area contributed by atoms with Crippen molar-refractivity contribution in [2.75, 3.05) is 5.32 Å². The third kappa shape index (κ3) is 5.34. The second-order valence-corrected chi connectivity index (χ2v) is 5.91. The molecule has 1 amide bonds. The van der Waals surface area contributed by atoms with E-state index in [-0.39, 0.29) is 11.6 Å². The van der Waals surface area contributed by atoms with E-state index in [1.807, 2.05) is 0 Å². The van der Waals surface area contributed by atoms with Crippen molar-refractivity contribution >= 4 is 17.7 Å². The number of benzene rings is 1. The Bertz CT molecular complexity index is 727. The molecule has 1 aromatic carbocycles. The number of phenolic OH excluding ortho intramolecular Hbond substituents is 1. The lowest BCUT2D eigenvalue weighted by atomic mass is 10.1. The van der Waals surface area contributed by atoms with E-state index in [2.05, 4.69) is 17.2 Å². The van der Waals surface area contributed by atoms with Gasteiger partial charge in [-0.3, -0.25) is 4.79 Å². The van der Waals surface area contributed by atoms with E-state index in [0.29, 0.717) is 12.0 Å².